The second-order valence-electron chi connectivity index (χ2n) is 4.04. The second kappa shape index (κ2) is 6.12. The lowest BCUT2D eigenvalue weighted by Crippen LogP contribution is -2.22. The van der Waals surface area contributed by atoms with Crippen LogP contribution >= 0.6 is 0 Å². The fraction of sp³-hybridized carbons (Fsp3) is 0.143. The van der Waals surface area contributed by atoms with Gasteiger partial charge in [0.2, 0.25) is 11.8 Å². The summed E-state index contributed by atoms with van der Waals surface area (Å²) in [4.78, 5) is 15.2. The van der Waals surface area contributed by atoms with Gasteiger partial charge in [-0.05, 0) is 23.8 Å². The van der Waals surface area contributed by atoms with Crippen LogP contribution in [0.15, 0.2) is 36.5 Å². The van der Waals surface area contributed by atoms with E-state index in [-0.39, 0.29) is 12.2 Å². The first-order chi connectivity index (χ1) is 9.63. The Labute approximate surface area is 115 Å². The molecule has 104 valence electrons. The molecule has 0 aliphatic heterocycles. The molecule has 1 heterocycles. The number of hydrogen-bond acceptors (Lipinski definition) is 4. The van der Waals surface area contributed by atoms with Crippen LogP contribution in [0.4, 0.5) is 10.1 Å². The number of nitrogens with zero attached hydrogens (tertiary/aromatic N) is 1. The zero-order valence-electron chi connectivity index (χ0n) is 10.9. The van der Waals surface area contributed by atoms with E-state index in [1.165, 1.54) is 19.2 Å². The molecule has 0 fully saturated rings. The SMILES string of the molecule is COc1ccc(-c2ccc(NC(=O)CN)c(F)c2)cn1. The van der Waals surface area contributed by atoms with Gasteiger partial charge in [-0.1, -0.05) is 6.07 Å². The van der Waals surface area contributed by atoms with Gasteiger partial charge >= 0.3 is 0 Å². The van der Waals surface area contributed by atoms with E-state index < -0.39 is 11.7 Å². The van der Waals surface area contributed by atoms with E-state index in [1.807, 2.05) is 0 Å². The van der Waals surface area contributed by atoms with Crippen molar-refractivity contribution in [3.05, 3.63) is 42.3 Å². The van der Waals surface area contributed by atoms with Crippen LogP contribution < -0.4 is 15.8 Å². The maximum atomic E-state index is 13.9. The van der Waals surface area contributed by atoms with E-state index >= 15 is 0 Å². The molecular formula is C14H14FN3O2. The molecule has 0 spiro atoms. The van der Waals surface area contributed by atoms with E-state index in [9.17, 15) is 9.18 Å². The fourth-order valence-electron chi connectivity index (χ4n) is 1.67. The third-order valence-electron chi connectivity index (χ3n) is 2.71. The Morgan fingerprint density at radius 1 is 1.35 bits per heavy atom. The number of aromatic nitrogens is 1. The molecule has 0 radical (unpaired) electrons. The normalized spacial score (nSPS) is 10.2. The fourth-order valence-corrected chi connectivity index (χ4v) is 1.67. The minimum atomic E-state index is -0.528. The van der Waals surface area contributed by atoms with Crippen LogP contribution in [0.3, 0.4) is 0 Å². The summed E-state index contributed by atoms with van der Waals surface area (Å²) in [5, 5.41) is 2.38. The average molecular weight is 275 g/mol. The topological polar surface area (TPSA) is 77.2 Å². The molecule has 0 bridgehead atoms. The molecule has 1 aromatic carbocycles. The van der Waals surface area contributed by atoms with Gasteiger partial charge in [-0.2, -0.15) is 0 Å². The molecule has 0 unspecified atom stereocenters. The number of carbonyl (C=O) groups excluding carboxylic acids is 1. The van der Waals surface area contributed by atoms with E-state index in [0.717, 1.165) is 5.56 Å². The third kappa shape index (κ3) is 3.10. The number of pyridine rings is 1. The first kappa shape index (κ1) is 14.0. The Kier molecular flexibility index (Phi) is 4.27. The lowest BCUT2D eigenvalue weighted by atomic mass is 10.1. The van der Waals surface area contributed by atoms with Gasteiger partial charge in [0.15, 0.2) is 0 Å². The van der Waals surface area contributed by atoms with Crippen LogP contribution in [0.5, 0.6) is 5.88 Å². The Morgan fingerprint density at radius 3 is 2.65 bits per heavy atom. The van der Waals surface area contributed by atoms with Crippen molar-refractivity contribution < 1.29 is 13.9 Å². The van der Waals surface area contributed by atoms with Gasteiger partial charge in [0.05, 0.1) is 19.3 Å². The molecule has 0 atom stereocenters. The Balaban J connectivity index is 2.25. The monoisotopic (exact) mass is 275 g/mol. The Bertz CT molecular complexity index is 614. The van der Waals surface area contributed by atoms with Gasteiger partial charge in [0, 0.05) is 17.8 Å². The Hall–Kier alpha value is -2.47. The number of ether oxygens (including phenoxy) is 1. The molecule has 0 saturated carbocycles. The highest BCUT2D eigenvalue weighted by Crippen LogP contribution is 2.24. The lowest BCUT2D eigenvalue weighted by Gasteiger charge is -2.08. The number of nitrogens with two attached hydrogens (primary N) is 1. The van der Waals surface area contributed by atoms with Crippen molar-refractivity contribution >= 4 is 11.6 Å². The van der Waals surface area contributed by atoms with Crippen LogP contribution in [0.25, 0.3) is 11.1 Å². The first-order valence-corrected chi connectivity index (χ1v) is 5.94. The van der Waals surface area contributed by atoms with Gasteiger partial charge in [-0.15, -0.1) is 0 Å². The predicted octanol–water partition coefficient (Wildman–Crippen LogP) is 1.79. The summed E-state index contributed by atoms with van der Waals surface area (Å²) in [6, 6.07) is 7.98. The molecule has 1 amide bonds. The number of carbonyl (C=O) groups is 1. The minimum Gasteiger partial charge on any atom is -0.481 e. The summed E-state index contributed by atoms with van der Waals surface area (Å²) in [7, 11) is 1.52. The summed E-state index contributed by atoms with van der Waals surface area (Å²) < 4.78 is 18.8. The van der Waals surface area contributed by atoms with E-state index in [0.29, 0.717) is 11.4 Å². The van der Waals surface area contributed by atoms with Crippen molar-refractivity contribution in [3.63, 3.8) is 0 Å². The molecule has 0 aliphatic rings. The van der Waals surface area contributed by atoms with Crippen molar-refractivity contribution in [2.75, 3.05) is 19.0 Å². The number of methoxy groups -OCH3 is 1. The van der Waals surface area contributed by atoms with Crippen LogP contribution in [0, 0.1) is 5.82 Å². The number of halogens is 1. The summed E-state index contributed by atoms with van der Waals surface area (Å²) in [6.45, 7) is -0.191. The van der Waals surface area contributed by atoms with Gasteiger partial charge in [0.1, 0.15) is 5.82 Å². The summed E-state index contributed by atoms with van der Waals surface area (Å²) in [5.41, 5.74) is 6.67. The first-order valence-electron chi connectivity index (χ1n) is 5.94. The summed E-state index contributed by atoms with van der Waals surface area (Å²) in [6.07, 6.45) is 1.59. The standard InChI is InChI=1S/C14H14FN3O2/c1-20-14-5-3-10(8-17-14)9-2-4-12(11(15)6-9)18-13(19)7-16/h2-6,8H,7,16H2,1H3,(H,18,19). The minimum absolute atomic E-state index is 0.102. The predicted molar refractivity (Wildman–Crippen MR) is 73.9 cm³/mol. The average Bonchev–Trinajstić information content (AvgIpc) is 2.49. The number of rotatable bonds is 4. The molecule has 2 aromatic rings. The molecule has 5 nitrogen and oxygen atoms in total. The Morgan fingerprint density at radius 2 is 2.10 bits per heavy atom. The maximum Gasteiger partial charge on any atom is 0.238 e. The lowest BCUT2D eigenvalue weighted by molar-refractivity contribution is -0.114. The highest BCUT2D eigenvalue weighted by atomic mass is 19.1. The van der Waals surface area contributed by atoms with Crippen molar-refractivity contribution in [3.8, 4) is 17.0 Å². The van der Waals surface area contributed by atoms with Gasteiger partial charge in [-0.25, -0.2) is 9.37 Å². The number of benzene rings is 1. The molecule has 20 heavy (non-hydrogen) atoms. The molecular weight excluding hydrogens is 261 g/mol. The second-order valence-corrected chi connectivity index (χ2v) is 4.04. The van der Waals surface area contributed by atoms with Gasteiger partial charge in [0.25, 0.3) is 0 Å². The highest BCUT2D eigenvalue weighted by molar-refractivity contribution is 5.92. The van der Waals surface area contributed by atoms with Crippen molar-refractivity contribution in [1.29, 1.82) is 0 Å². The number of hydrogen-bond donors (Lipinski definition) is 2. The van der Waals surface area contributed by atoms with Crippen molar-refractivity contribution in [2.45, 2.75) is 0 Å². The number of nitrogens with one attached hydrogen (secondary N) is 1. The van der Waals surface area contributed by atoms with E-state index in [2.05, 4.69) is 10.3 Å². The molecule has 0 aliphatic carbocycles. The largest absolute Gasteiger partial charge is 0.481 e. The maximum absolute atomic E-state index is 13.9. The zero-order valence-corrected chi connectivity index (χ0v) is 10.9. The highest BCUT2D eigenvalue weighted by Gasteiger charge is 2.08. The number of amides is 1. The quantitative estimate of drug-likeness (QED) is 0.891. The molecule has 1 aromatic heterocycles. The molecule has 3 N–H and O–H groups in total. The molecule has 6 heteroatoms. The van der Waals surface area contributed by atoms with Crippen LogP contribution in [0.1, 0.15) is 0 Å². The smallest absolute Gasteiger partial charge is 0.238 e. The molecule has 2 rings (SSSR count). The number of anilines is 1. The van der Waals surface area contributed by atoms with E-state index in [1.54, 1.807) is 24.4 Å². The van der Waals surface area contributed by atoms with E-state index in [4.69, 9.17) is 10.5 Å². The van der Waals surface area contributed by atoms with Crippen molar-refractivity contribution in [1.82, 2.24) is 4.98 Å². The summed E-state index contributed by atoms with van der Waals surface area (Å²) >= 11 is 0. The zero-order chi connectivity index (χ0) is 14.5. The van der Waals surface area contributed by atoms with Crippen LogP contribution in [0.2, 0.25) is 0 Å². The van der Waals surface area contributed by atoms with Crippen LogP contribution in [-0.2, 0) is 4.79 Å². The van der Waals surface area contributed by atoms with Gasteiger partial charge in [-0.3, -0.25) is 4.79 Å². The van der Waals surface area contributed by atoms with Gasteiger partial charge < -0.3 is 15.8 Å². The van der Waals surface area contributed by atoms with Crippen LogP contribution in [-0.4, -0.2) is 24.5 Å². The van der Waals surface area contributed by atoms with Crippen molar-refractivity contribution in [2.24, 2.45) is 5.73 Å². The third-order valence-corrected chi connectivity index (χ3v) is 2.71. The molecule has 0 saturated heterocycles. The summed E-state index contributed by atoms with van der Waals surface area (Å²) in [5.74, 6) is -0.482.